The lowest BCUT2D eigenvalue weighted by atomic mass is 10.2. The zero-order valence-electron chi connectivity index (χ0n) is 14.4. The summed E-state index contributed by atoms with van der Waals surface area (Å²) in [6.07, 6.45) is 0.623. The molecule has 0 bridgehead atoms. The maximum atomic E-state index is 12.8. The first-order chi connectivity index (χ1) is 12.1. The van der Waals surface area contributed by atoms with Crippen molar-refractivity contribution in [2.24, 2.45) is 0 Å². The minimum atomic E-state index is -0.441. The molecule has 1 aromatic heterocycles. The van der Waals surface area contributed by atoms with Gasteiger partial charge in [-0.15, -0.1) is 0 Å². The van der Waals surface area contributed by atoms with Crippen molar-refractivity contribution in [3.05, 3.63) is 47.9 Å². The van der Waals surface area contributed by atoms with Gasteiger partial charge in [0.2, 0.25) is 5.91 Å². The molecule has 1 aliphatic heterocycles. The summed E-state index contributed by atoms with van der Waals surface area (Å²) in [5, 5.41) is 6.66. The van der Waals surface area contributed by atoms with E-state index >= 15 is 0 Å². The summed E-state index contributed by atoms with van der Waals surface area (Å²) in [5.74, 6) is 0.654. The van der Waals surface area contributed by atoms with Crippen LogP contribution in [0.3, 0.4) is 0 Å². The minimum absolute atomic E-state index is 0.0412. The van der Waals surface area contributed by atoms with Gasteiger partial charge in [-0.05, 0) is 32.4 Å². The van der Waals surface area contributed by atoms with Crippen LogP contribution in [0.4, 0.5) is 10.5 Å². The number of benzene rings is 1. The van der Waals surface area contributed by atoms with Gasteiger partial charge in [0, 0.05) is 24.8 Å². The Hall–Kier alpha value is -2.83. The van der Waals surface area contributed by atoms with E-state index in [0.29, 0.717) is 31.0 Å². The Morgan fingerprint density at radius 3 is 2.80 bits per heavy atom. The molecule has 7 nitrogen and oxygen atoms in total. The van der Waals surface area contributed by atoms with Gasteiger partial charge in [0.05, 0.1) is 6.54 Å². The molecule has 25 heavy (non-hydrogen) atoms. The third-order valence-electron chi connectivity index (χ3n) is 4.32. The second-order valence-corrected chi connectivity index (χ2v) is 6.00. The van der Waals surface area contributed by atoms with E-state index in [2.05, 4.69) is 10.5 Å². The topological polar surface area (TPSA) is 78.7 Å². The van der Waals surface area contributed by atoms with Gasteiger partial charge in [-0.3, -0.25) is 4.79 Å². The zero-order chi connectivity index (χ0) is 17.8. The number of anilines is 1. The summed E-state index contributed by atoms with van der Waals surface area (Å²) >= 11 is 0. The number of hydrogen-bond acceptors (Lipinski definition) is 4. The van der Waals surface area contributed by atoms with Crippen LogP contribution < -0.4 is 10.2 Å². The number of aryl methyl sites for hydroxylation is 1. The number of para-hydroxylation sites is 1. The van der Waals surface area contributed by atoms with Crippen LogP contribution >= 0.6 is 0 Å². The first-order valence-electron chi connectivity index (χ1n) is 8.43. The molecular formula is C18H22N4O3. The number of nitrogens with zero attached hydrogens (tertiary/aromatic N) is 3. The fourth-order valence-corrected chi connectivity index (χ4v) is 3.09. The van der Waals surface area contributed by atoms with Crippen molar-refractivity contribution in [3.8, 4) is 0 Å². The highest BCUT2D eigenvalue weighted by Crippen LogP contribution is 2.24. The molecule has 0 saturated carbocycles. The summed E-state index contributed by atoms with van der Waals surface area (Å²) in [5.41, 5.74) is 1.52. The van der Waals surface area contributed by atoms with E-state index in [-0.39, 0.29) is 18.5 Å². The smallest absolute Gasteiger partial charge is 0.318 e. The number of hydrogen-bond donors (Lipinski definition) is 1. The lowest BCUT2D eigenvalue weighted by molar-refractivity contribution is -0.120. The zero-order valence-corrected chi connectivity index (χ0v) is 14.4. The van der Waals surface area contributed by atoms with Gasteiger partial charge in [0.15, 0.2) is 0 Å². The molecule has 1 N–H and O–H groups in total. The molecular weight excluding hydrogens is 320 g/mol. The quantitative estimate of drug-likeness (QED) is 0.904. The molecule has 0 unspecified atom stereocenters. The number of amides is 3. The van der Waals surface area contributed by atoms with E-state index in [1.54, 1.807) is 22.8 Å². The molecule has 7 heteroatoms. The summed E-state index contributed by atoms with van der Waals surface area (Å²) in [7, 11) is 0. The van der Waals surface area contributed by atoms with Crippen molar-refractivity contribution in [1.82, 2.24) is 15.4 Å². The van der Waals surface area contributed by atoms with E-state index in [1.807, 2.05) is 37.3 Å². The van der Waals surface area contributed by atoms with Crippen molar-refractivity contribution in [3.63, 3.8) is 0 Å². The summed E-state index contributed by atoms with van der Waals surface area (Å²) < 4.78 is 4.99. The first-order valence-corrected chi connectivity index (χ1v) is 8.43. The number of rotatable bonds is 5. The van der Waals surface area contributed by atoms with Crippen LogP contribution in [-0.4, -0.2) is 41.1 Å². The van der Waals surface area contributed by atoms with Gasteiger partial charge in [-0.1, -0.05) is 23.4 Å². The number of nitrogens with one attached hydrogen (secondary N) is 1. The average Bonchev–Trinajstić information content (AvgIpc) is 3.21. The lowest BCUT2D eigenvalue weighted by Crippen LogP contribution is -2.49. The third kappa shape index (κ3) is 3.65. The van der Waals surface area contributed by atoms with Crippen LogP contribution in [0.2, 0.25) is 0 Å². The van der Waals surface area contributed by atoms with Crippen molar-refractivity contribution in [2.45, 2.75) is 32.9 Å². The second kappa shape index (κ2) is 7.38. The highest BCUT2D eigenvalue weighted by atomic mass is 16.5. The summed E-state index contributed by atoms with van der Waals surface area (Å²) in [6, 6.07) is 10.6. The summed E-state index contributed by atoms with van der Waals surface area (Å²) in [6.45, 7) is 5.02. The Labute approximate surface area is 146 Å². The number of carbonyl (C=O) groups is 2. The van der Waals surface area contributed by atoms with Crippen molar-refractivity contribution in [1.29, 1.82) is 0 Å². The molecule has 1 aromatic carbocycles. The van der Waals surface area contributed by atoms with Crippen LogP contribution in [0.15, 0.2) is 40.9 Å². The van der Waals surface area contributed by atoms with Crippen LogP contribution in [0.1, 0.15) is 24.8 Å². The maximum Gasteiger partial charge on any atom is 0.318 e. The Kier molecular flexibility index (Phi) is 5.02. The number of aromatic nitrogens is 1. The molecule has 3 rings (SSSR count). The van der Waals surface area contributed by atoms with Crippen molar-refractivity contribution in [2.75, 3.05) is 18.0 Å². The van der Waals surface area contributed by atoms with Crippen molar-refractivity contribution >= 4 is 17.6 Å². The molecule has 3 amide bonds. The Balaban J connectivity index is 1.64. The number of urea groups is 1. The normalized spacial score (nSPS) is 17.0. The number of carbonyl (C=O) groups excluding carboxylic acids is 2. The molecule has 2 heterocycles. The van der Waals surface area contributed by atoms with Gasteiger partial charge in [-0.2, -0.15) is 0 Å². The molecule has 0 radical (unpaired) electrons. The van der Waals surface area contributed by atoms with Crippen LogP contribution in [0, 0.1) is 6.92 Å². The van der Waals surface area contributed by atoms with E-state index in [1.165, 1.54) is 0 Å². The fourth-order valence-electron chi connectivity index (χ4n) is 3.09. The third-order valence-corrected chi connectivity index (χ3v) is 4.32. The van der Waals surface area contributed by atoms with E-state index in [0.717, 1.165) is 5.69 Å². The predicted octanol–water partition coefficient (Wildman–Crippen LogP) is 2.32. The Morgan fingerprint density at radius 2 is 2.16 bits per heavy atom. The average molecular weight is 342 g/mol. The van der Waals surface area contributed by atoms with Gasteiger partial charge in [-0.25, -0.2) is 4.79 Å². The molecule has 0 aliphatic carbocycles. The minimum Gasteiger partial charge on any atom is -0.361 e. The monoisotopic (exact) mass is 342 g/mol. The SMILES string of the molecule is CCN(C(=O)NCc1cc(C)on1)[C@H]1CCN(c2ccccc2)C1=O. The molecule has 1 saturated heterocycles. The fraction of sp³-hybridized carbons (Fsp3) is 0.389. The Bertz CT molecular complexity index is 744. The molecule has 1 fully saturated rings. The predicted molar refractivity (Wildman–Crippen MR) is 93.1 cm³/mol. The number of likely N-dealkylation sites (N-methyl/N-ethyl adjacent to an activating group) is 1. The van der Waals surface area contributed by atoms with Gasteiger partial charge >= 0.3 is 6.03 Å². The second-order valence-electron chi connectivity index (χ2n) is 6.00. The molecule has 132 valence electrons. The maximum absolute atomic E-state index is 12.8. The molecule has 1 aliphatic rings. The standard InChI is InChI=1S/C18H22N4O3/c1-3-21(18(24)19-12-14-11-13(2)25-20-14)16-9-10-22(17(16)23)15-7-5-4-6-8-15/h4-8,11,16H,3,9-10,12H2,1-2H3,(H,19,24)/t16-/m0/s1. The molecule has 1 atom stereocenters. The summed E-state index contributed by atoms with van der Waals surface area (Å²) in [4.78, 5) is 28.6. The van der Waals surface area contributed by atoms with Crippen LogP contribution in [0.5, 0.6) is 0 Å². The van der Waals surface area contributed by atoms with Gasteiger partial charge in [0.25, 0.3) is 0 Å². The highest BCUT2D eigenvalue weighted by Gasteiger charge is 2.38. The van der Waals surface area contributed by atoms with Crippen molar-refractivity contribution < 1.29 is 14.1 Å². The Morgan fingerprint density at radius 1 is 1.40 bits per heavy atom. The van der Waals surface area contributed by atoms with E-state index in [9.17, 15) is 9.59 Å². The largest absolute Gasteiger partial charge is 0.361 e. The molecule has 0 spiro atoms. The van der Waals surface area contributed by atoms with Gasteiger partial charge in [0.1, 0.15) is 17.5 Å². The van der Waals surface area contributed by atoms with Gasteiger partial charge < -0.3 is 19.6 Å². The van der Waals surface area contributed by atoms with E-state index < -0.39 is 6.04 Å². The van der Waals surface area contributed by atoms with Crippen LogP contribution in [0.25, 0.3) is 0 Å². The van der Waals surface area contributed by atoms with Crippen LogP contribution in [-0.2, 0) is 11.3 Å². The highest BCUT2D eigenvalue weighted by molar-refractivity contribution is 6.01. The molecule has 2 aromatic rings. The first kappa shape index (κ1) is 17.0. The van der Waals surface area contributed by atoms with E-state index in [4.69, 9.17) is 4.52 Å². The lowest BCUT2D eigenvalue weighted by Gasteiger charge is -2.27.